The lowest BCUT2D eigenvalue weighted by Crippen LogP contribution is -2.04. The minimum atomic E-state index is -3.49. The van der Waals surface area contributed by atoms with E-state index in [0.29, 0.717) is 0 Å². The number of hydrogen-bond acceptors (Lipinski definition) is 7. The summed E-state index contributed by atoms with van der Waals surface area (Å²) >= 11 is 0.775. The van der Waals surface area contributed by atoms with E-state index in [1.54, 1.807) is 0 Å². The van der Waals surface area contributed by atoms with Gasteiger partial charge < -0.3 is 4.42 Å². The van der Waals surface area contributed by atoms with E-state index in [-0.39, 0.29) is 25.9 Å². The van der Waals surface area contributed by atoms with Crippen LogP contribution in [0.15, 0.2) is 38.0 Å². The number of hydrogen-bond donors (Lipinski definition) is 0. The van der Waals surface area contributed by atoms with Gasteiger partial charge in [-0.3, -0.25) is 4.79 Å². The third-order valence-electron chi connectivity index (χ3n) is 2.69. The highest BCUT2D eigenvalue weighted by molar-refractivity contribution is 7.92. The van der Waals surface area contributed by atoms with E-state index < -0.39 is 21.1 Å². The van der Waals surface area contributed by atoms with Crippen LogP contribution in [0.3, 0.4) is 0 Å². The van der Waals surface area contributed by atoms with Gasteiger partial charge in [-0.25, -0.2) is 12.8 Å². The number of sulfone groups is 1. The minimum absolute atomic E-state index is 0.0847. The van der Waals surface area contributed by atoms with E-state index in [9.17, 15) is 17.6 Å². The molecule has 9 heteroatoms. The van der Waals surface area contributed by atoms with Crippen LogP contribution in [0.4, 0.5) is 4.39 Å². The minimum Gasteiger partial charge on any atom is -0.463 e. The summed E-state index contributed by atoms with van der Waals surface area (Å²) in [6, 6.07) is 3.55. The number of fused-ring (bicyclic) bond motifs is 1. The van der Waals surface area contributed by atoms with Crippen molar-refractivity contribution in [2.24, 2.45) is 0 Å². The van der Waals surface area contributed by atoms with Crippen LogP contribution >= 0.6 is 11.3 Å². The van der Waals surface area contributed by atoms with Crippen LogP contribution in [-0.4, -0.2) is 24.9 Å². The van der Waals surface area contributed by atoms with Crippen LogP contribution in [0.2, 0.25) is 0 Å². The van der Waals surface area contributed by atoms with Crippen molar-refractivity contribution in [2.75, 3.05) is 6.26 Å². The topological polar surface area (TPSA) is 90.1 Å². The Morgan fingerprint density at radius 1 is 1.29 bits per heavy atom. The normalized spacial score (nSPS) is 11.9. The molecule has 0 N–H and O–H groups in total. The molecule has 0 aliphatic carbocycles. The molecule has 0 bridgehead atoms. The smallest absolute Gasteiger partial charge is 0.232 e. The molecule has 0 fully saturated rings. The van der Waals surface area contributed by atoms with Crippen molar-refractivity contribution in [3.63, 3.8) is 0 Å². The quantitative estimate of drug-likeness (QED) is 0.714. The molecule has 2 heterocycles. The van der Waals surface area contributed by atoms with Crippen LogP contribution in [0.1, 0.15) is 0 Å². The van der Waals surface area contributed by atoms with Crippen molar-refractivity contribution in [1.82, 2.24) is 10.2 Å². The molecule has 0 amide bonds. The summed E-state index contributed by atoms with van der Waals surface area (Å²) in [5, 5.41) is 7.55. The first-order chi connectivity index (χ1) is 9.86. The Labute approximate surface area is 121 Å². The maximum atomic E-state index is 13.1. The Bertz CT molecular complexity index is 1010. The standard InChI is InChI=1S/C12H7FN2O4S2/c1-21(17,18)12-15-14-11(20-12)8-5-19-9-4-6(13)2-3-7(9)10(8)16/h2-5H,1H3. The number of benzene rings is 1. The predicted molar refractivity (Wildman–Crippen MR) is 74.5 cm³/mol. The number of rotatable bonds is 2. The molecule has 0 radical (unpaired) electrons. The molecule has 0 aliphatic heterocycles. The van der Waals surface area contributed by atoms with E-state index >= 15 is 0 Å². The van der Waals surface area contributed by atoms with Crippen molar-refractivity contribution in [3.8, 4) is 10.6 Å². The summed E-state index contributed by atoms with van der Waals surface area (Å²) in [5.74, 6) is -0.520. The second kappa shape index (κ2) is 4.71. The fourth-order valence-electron chi connectivity index (χ4n) is 1.72. The maximum Gasteiger partial charge on any atom is 0.232 e. The van der Waals surface area contributed by atoms with Crippen LogP contribution in [0.25, 0.3) is 21.5 Å². The van der Waals surface area contributed by atoms with Gasteiger partial charge in [-0.1, -0.05) is 11.3 Å². The third-order valence-corrected chi connectivity index (χ3v) is 5.32. The van der Waals surface area contributed by atoms with Crippen LogP contribution in [0, 0.1) is 5.82 Å². The molecular weight excluding hydrogens is 319 g/mol. The van der Waals surface area contributed by atoms with Crippen molar-refractivity contribution >= 4 is 32.1 Å². The van der Waals surface area contributed by atoms with Gasteiger partial charge in [0.15, 0.2) is 5.01 Å². The second-order valence-corrected chi connectivity index (χ2v) is 7.43. The Morgan fingerprint density at radius 2 is 2.05 bits per heavy atom. The van der Waals surface area contributed by atoms with Gasteiger partial charge in [-0.2, -0.15) is 0 Å². The highest BCUT2D eigenvalue weighted by atomic mass is 32.2. The monoisotopic (exact) mass is 326 g/mol. The zero-order valence-corrected chi connectivity index (χ0v) is 12.2. The van der Waals surface area contributed by atoms with Crippen LogP contribution in [0.5, 0.6) is 0 Å². The lowest BCUT2D eigenvalue weighted by molar-refractivity contribution is 0.589. The summed E-state index contributed by atoms with van der Waals surface area (Å²) in [6.07, 6.45) is 2.12. The van der Waals surface area contributed by atoms with Crippen molar-refractivity contribution in [2.45, 2.75) is 4.34 Å². The second-order valence-electron chi connectivity index (χ2n) is 4.26. The van der Waals surface area contributed by atoms with Crippen LogP contribution < -0.4 is 5.43 Å². The van der Waals surface area contributed by atoms with Gasteiger partial charge in [-0.15, -0.1) is 10.2 Å². The highest BCUT2D eigenvalue weighted by Crippen LogP contribution is 2.25. The molecular formula is C12H7FN2O4S2. The molecule has 0 aliphatic rings. The molecule has 3 aromatic rings. The Hall–Kier alpha value is -2.13. The van der Waals surface area contributed by atoms with E-state index in [0.717, 1.165) is 36.0 Å². The maximum absolute atomic E-state index is 13.1. The van der Waals surface area contributed by atoms with E-state index in [2.05, 4.69) is 10.2 Å². The number of aromatic nitrogens is 2. The Kier molecular flexibility index (Phi) is 3.10. The van der Waals surface area contributed by atoms with Crippen molar-refractivity contribution < 1.29 is 17.2 Å². The van der Waals surface area contributed by atoms with Crippen molar-refractivity contribution in [3.05, 3.63) is 40.5 Å². The van der Waals surface area contributed by atoms with Gasteiger partial charge in [-0.05, 0) is 12.1 Å². The average Bonchev–Trinajstić information content (AvgIpc) is 2.88. The largest absolute Gasteiger partial charge is 0.463 e. The van der Waals surface area contributed by atoms with Crippen LogP contribution in [-0.2, 0) is 9.84 Å². The summed E-state index contributed by atoms with van der Waals surface area (Å²) in [7, 11) is -3.49. The number of nitrogens with zero attached hydrogens (tertiary/aromatic N) is 2. The SMILES string of the molecule is CS(=O)(=O)c1nnc(-c2coc3cc(F)ccc3c2=O)s1. The fraction of sp³-hybridized carbons (Fsp3) is 0.0833. The van der Waals surface area contributed by atoms with Gasteiger partial charge in [0, 0.05) is 12.3 Å². The Balaban J connectivity index is 2.22. The molecule has 0 spiro atoms. The van der Waals surface area contributed by atoms with Gasteiger partial charge in [0.05, 0.1) is 10.9 Å². The lowest BCUT2D eigenvalue weighted by Gasteiger charge is -1.99. The molecule has 1 aromatic carbocycles. The van der Waals surface area contributed by atoms with Gasteiger partial charge >= 0.3 is 0 Å². The summed E-state index contributed by atoms with van der Waals surface area (Å²) < 4.78 is 40.9. The zero-order chi connectivity index (χ0) is 15.2. The predicted octanol–water partition coefficient (Wildman–Crippen LogP) is 1.85. The van der Waals surface area contributed by atoms with Gasteiger partial charge in [0.1, 0.15) is 17.7 Å². The molecule has 2 aromatic heterocycles. The summed E-state index contributed by atoms with van der Waals surface area (Å²) in [4.78, 5) is 12.3. The first-order valence-electron chi connectivity index (χ1n) is 5.61. The first-order valence-corrected chi connectivity index (χ1v) is 8.32. The lowest BCUT2D eigenvalue weighted by atomic mass is 10.2. The highest BCUT2D eigenvalue weighted by Gasteiger charge is 2.18. The zero-order valence-electron chi connectivity index (χ0n) is 10.5. The molecule has 0 saturated carbocycles. The molecule has 0 saturated heterocycles. The third kappa shape index (κ3) is 2.45. The molecule has 6 nitrogen and oxygen atoms in total. The fourth-order valence-corrected chi connectivity index (χ4v) is 3.33. The molecule has 21 heavy (non-hydrogen) atoms. The first kappa shape index (κ1) is 13.8. The summed E-state index contributed by atoms with van der Waals surface area (Å²) in [6.45, 7) is 0. The van der Waals surface area contributed by atoms with E-state index in [4.69, 9.17) is 4.42 Å². The summed E-state index contributed by atoms with van der Waals surface area (Å²) in [5.41, 5.74) is -0.231. The molecule has 3 rings (SSSR count). The van der Waals surface area contributed by atoms with E-state index in [1.165, 1.54) is 6.07 Å². The average molecular weight is 326 g/mol. The molecule has 0 atom stereocenters. The molecule has 0 unspecified atom stereocenters. The Morgan fingerprint density at radius 3 is 2.71 bits per heavy atom. The van der Waals surface area contributed by atoms with E-state index in [1.807, 2.05) is 0 Å². The van der Waals surface area contributed by atoms with Crippen molar-refractivity contribution in [1.29, 1.82) is 0 Å². The number of halogens is 1. The van der Waals surface area contributed by atoms with Gasteiger partial charge in [0.2, 0.25) is 19.6 Å². The van der Waals surface area contributed by atoms with Gasteiger partial charge in [0.25, 0.3) is 0 Å². The molecule has 108 valence electrons.